The lowest BCUT2D eigenvalue weighted by Gasteiger charge is -2.17. The Morgan fingerprint density at radius 3 is 2.60 bits per heavy atom. The molecule has 0 atom stereocenters. The lowest BCUT2D eigenvalue weighted by atomic mass is 10.1. The third-order valence-corrected chi connectivity index (χ3v) is 4.68. The summed E-state index contributed by atoms with van der Waals surface area (Å²) in [6, 6.07) is 13.9. The molecule has 0 aliphatic rings. The van der Waals surface area contributed by atoms with Crippen molar-refractivity contribution in [2.24, 2.45) is 0 Å². The van der Waals surface area contributed by atoms with Gasteiger partial charge in [-0.05, 0) is 40.6 Å². The van der Waals surface area contributed by atoms with Crippen LogP contribution in [-0.2, 0) is 11.3 Å². The van der Waals surface area contributed by atoms with Crippen molar-refractivity contribution in [2.45, 2.75) is 11.7 Å². The average molecular weight is 353 g/mol. The van der Waals surface area contributed by atoms with Crippen molar-refractivity contribution in [3.63, 3.8) is 0 Å². The summed E-state index contributed by atoms with van der Waals surface area (Å²) in [5.41, 5.74) is 1.09. The molecule has 3 rings (SSSR count). The molecule has 2 aromatic carbocycles. The van der Waals surface area contributed by atoms with Gasteiger partial charge in [0.1, 0.15) is 5.75 Å². The number of carbonyl (C=O) groups is 1. The van der Waals surface area contributed by atoms with Gasteiger partial charge < -0.3 is 9.64 Å². The van der Waals surface area contributed by atoms with Gasteiger partial charge in [-0.25, -0.2) is 9.97 Å². The highest BCUT2D eigenvalue weighted by molar-refractivity contribution is 7.99. The molecule has 0 bridgehead atoms. The first-order chi connectivity index (χ1) is 12.2. The van der Waals surface area contributed by atoms with Crippen molar-refractivity contribution >= 4 is 28.4 Å². The lowest BCUT2D eigenvalue weighted by molar-refractivity contribution is -0.127. The van der Waals surface area contributed by atoms with Gasteiger partial charge in [0.25, 0.3) is 0 Å². The minimum atomic E-state index is 0.0484. The zero-order valence-corrected chi connectivity index (χ0v) is 15.0. The SMILES string of the molecule is COc1ccc2cc(CN(C)C(=O)CSc3ncccn3)ccc2c1. The molecule has 5 nitrogen and oxygen atoms in total. The van der Waals surface area contributed by atoms with Gasteiger partial charge in [-0.15, -0.1) is 0 Å². The highest BCUT2D eigenvalue weighted by atomic mass is 32.2. The summed E-state index contributed by atoms with van der Waals surface area (Å²) in [6.07, 6.45) is 3.35. The van der Waals surface area contributed by atoms with Crippen LogP contribution in [0.2, 0.25) is 0 Å². The summed E-state index contributed by atoms with van der Waals surface area (Å²) in [5, 5.41) is 2.86. The highest BCUT2D eigenvalue weighted by Gasteiger charge is 2.11. The van der Waals surface area contributed by atoms with Crippen LogP contribution in [0.3, 0.4) is 0 Å². The van der Waals surface area contributed by atoms with Gasteiger partial charge in [0, 0.05) is 26.0 Å². The van der Waals surface area contributed by atoms with Crippen molar-refractivity contribution in [3.8, 4) is 5.75 Å². The first kappa shape index (κ1) is 17.2. The van der Waals surface area contributed by atoms with Gasteiger partial charge in [0.2, 0.25) is 5.91 Å². The number of ether oxygens (including phenoxy) is 1. The van der Waals surface area contributed by atoms with E-state index >= 15 is 0 Å². The third kappa shape index (κ3) is 4.48. The molecule has 0 aliphatic heterocycles. The molecule has 25 heavy (non-hydrogen) atoms. The minimum absolute atomic E-state index is 0.0484. The predicted molar refractivity (Wildman–Crippen MR) is 99.7 cm³/mol. The number of fused-ring (bicyclic) bond motifs is 1. The van der Waals surface area contributed by atoms with E-state index in [1.54, 1.807) is 30.5 Å². The maximum Gasteiger partial charge on any atom is 0.233 e. The Balaban J connectivity index is 1.62. The Kier molecular flexibility index (Phi) is 5.50. The van der Waals surface area contributed by atoms with E-state index in [0.29, 0.717) is 17.5 Å². The van der Waals surface area contributed by atoms with Gasteiger partial charge in [-0.2, -0.15) is 0 Å². The number of aromatic nitrogens is 2. The molecule has 6 heteroatoms. The molecule has 0 saturated heterocycles. The van der Waals surface area contributed by atoms with Crippen LogP contribution in [0.15, 0.2) is 60.0 Å². The molecule has 0 spiro atoms. The van der Waals surface area contributed by atoms with Crippen LogP contribution in [0.4, 0.5) is 0 Å². The maximum absolute atomic E-state index is 12.3. The van der Waals surface area contributed by atoms with Crippen LogP contribution >= 0.6 is 11.8 Å². The summed E-state index contributed by atoms with van der Waals surface area (Å²) < 4.78 is 5.25. The smallest absolute Gasteiger partial charge is 0.233 e. The van der Waals surface area contributed by atoms with E-state index in [1.165, 1.54) is 11.8 Å². The zero-order chi connectivity index (χ0) is 17.6. The second-order valence-electron chi connectivity index (χ2n) is 5.62. The van der Waals surface area contributed by atoms with E-state index in [2.05, 4.69) is 22.1 Å². The molecule has 0 N–H and O–H groups in total. The number of amides is 1. The molecule has 0 fully saturated rings. The van der Waals surface area contributed by atoms with Crippen LogP contribution in [0.25, 0.3) is 10.8 Å². The van der Waals surface area contributed by atoms with Crippen LogP contribution in [-0.4, -0.2) is 40.7 Å². The summed E-state index contributed by atoms with van der Waals surface area (Å²) in [4.78, 5) is 22.2. The van der Waals surface area contributed by atoms with Gasteiger partial charge >= 0.3 is 0 Å². The minimum Gasteiger partial charge on any atom is -0.497 e. The van der Waals surface area contributed by atoms with Crippen LogP contribution in [0.5, 0.6) is 5.75 Å². The molecule has 0 aliphatic carbocycles. The average Bonchev–Trinajstić information content (AvgIpc) is 2.66. The van der Waals surface area contributed by atoms with Crippen molar-refractivity contribution in [1.29, 1.82) is 0 Å². The standard InChI is InChI=1S/C19H19N3O2S/c1-22(18(23)13-25-19-20-8-3-9-21-19)12-14-4-5-16-11-17(24-2)7-6-15(16)10-14/h3-11H,12-13H2,1-2H3. The fraction of sp³-hybridized carbons (Fsp3) is 0.211. The molecule has 1 amide bonds. The molecule has 1 aromatic heterocycles. The maximum atomic E-state index is 12.3. The second-order valence-corrected chi connectivity index (χ2v) is 6.56. The molecule has 3 aromatic rings. The Morgan fingerprint density at radius 2 is 1.84 bits per heavy atom. The summed E-state index contributed by atoms with van der Waals surface area (Å²) in [5.74, 6) is 1.21. The lowest BCUT2D eigenvalue weighted by Crippen LogP contribution is -2.27. The third-order valence-electron chi connectivity index (χ3n) is 3.82. The highest BCUT2D eigenvalue weighted by Crippen LogP contribution is 2.22. The second kappa shape index (κ2) is 7.98. The number of rotatable bonds is 6. The van der Waals surface area contributed by atoms with Crippen LogP contribution in [0, 0.1) is 0 Å². The van der Waals surface area contributed by atoms with Gasteiger partial charge in [-0.3, -0.25) is 4.79 Å². The van der Waals surface area contributed by atoms with Crippen molar-refractivity contribution in [1.82, 2.24) is 14.9 Å². The largest absolute Gasteiger partial charge is 0.497 e. The summed E-state index contributed by atoms with van der Waals surface area (Å²) >= 11 is 1.35. The Labute approximate surface area is 151 Å². The van der Waals surface area contributed by atoms with Gasteiger partial charge in [-0.1, -0.05) is 30.0 Å². The predicted octanol–water partition coefficient (Wildman–Crippen LogP) is 3.39. The van der Waals surface area contributed by atoms with Crippen molar-refractivity contribution < 1.29 is 9.53 Å². The van der Waals surface area contributed by atoms with E-state index in [0.717, 1.165) is 22.1 Å². The zero-order valence-electron chi connectivity index (χ0n) is 14.2. The first-order valence-corrected chi connectivity index (χ1v) is 8.85. The quantitative estimate of drug-likeness (QED) is 0.502. The Morgan fingerprint density at radius 1 is 1.12 bits per heavy atom. The monoisotopic (exact) mass is 353 g/mol. The molecule has 0 saturated carbocycles. The molecular weight excluding hydrogens is 334 g/mol. The molecule has 128 valence electrons. The number of hydrogen-bond donors (Lipinski definition) is 0. The first-order valence-electron chi connectivity index (χ1n) is 7.86. The molecule has 1 heterocycles. The molecular formula is C19H19N3O2S. The van der Waals surface area contributed by atoms with E-state index in [-0.39, 0.29) is 5.91 Å². The fourth-order valence-corrected chi connectivity index (χ4v) is 3.20. The number of nitrogens with zero attached hydrogens (tertiary/aromatic N) is 3. The topological polar surface area (TPSA) is 55.3 Å². The number of methoxy groups -OCH3 is 1. The van der Waals surface area contributed by atoms with Crippen LogP contribution < -0.4 is 4.74 Å². The number of carbonyl (C=O) groups excluding carboxylic acids is 1. The van der Waals surface area contributed by atoms with Crippen molar-refractivity contribution in [3.05, 3.63) is 60.4 Å². The summed E-state index contributed by atoms with van der Waals surface area (Å²) in [7, 11) is 3.47. The molecule has 0 unspecified atom stereocenters. The fourth-order valence-electron chi connectivity index (χ4n) is 2.46. The van der Waals surface area contributed by atoms with E-state index < -0.39 is 0 Å². The number of thioether (sulfide) groups is 1. The normalized spacial score (nSPS) is 10.6. The van der Waals surface area contributed by atoms with Crippen LogP contribution in [0.1, 0.15) is 5.56 Å². The molecule has 0 radical (unpaired) electrons. The van der Waals surface area contributed by atoms with E-state index in [1.807, 2.05) is 31.3 Å². The van der Waals surface area contributed by atoms with Crippen molar-refractivity contribution in [2.75, 3.05) is 19.9 Å². The van der Waals surface area contributed by atoms with Gasteiger partial charge in [0.05, 0.1) is 12.9 Å². The Hall–Kier alpha value is -2.60. The van der Waals surface area contributed by atoms with Gasteiger partial charge in [0.15, 0.2) is 5.16 Å². The number of benzene rings is 2. The number of hydrogen-bond acceptors (Lipinski definition) is 5. The van der Waals surface area contributed by atoms with E-state index in [9.17, 15) is 4.79 Å². The summed E-state index contributed by atoms with van der Waals surface area (Å²) in [6.45, 7) is 0.566. The Bertz CT molecular complexity index is 871. The van der Waals surface area contributed by atoms with E-state index in [4.69, 9.17) is 4.74 Å².